The van der Waals surface area contributed by atoms with E-state index >= 15 is 0 Å². The van der Waals surface area contributed by atoms with E-state index in [0.29, 0.717) is 17.1 Å². The van der Waals surface area contributed by atoms with Crippen LogP contribution in [0.1, 0.15) is 31.9 Å². The molecular weight excluding hydrogens is 372 g/mol. The predicted molar refractivity (Wildman–Crippen MR) is 106 cm³/mol. The number of nitrogens with zero attached hydrogens (tertiary/aromatic N) is 1. The highest BCUT2D eigenvalue weighted by Crippen LogP contribution is 2.26. The molecule has 1 amide bonds. The van der Waals surface area contributed by atoms with Crippen LogP contribution in [0.5, 0.6) is 0 Å². The van der Waals surface area contributed by atoms with Crippen molar-refractivity contribution in [2.24, 2.45) is 0 Å². The lowest BCUT2D eigenvalue weighted by molar-refractivity contribution is -0.122. The number of hydrogen-bond donors (Lipinski definition) is 1. The summed E-state index contributed by atoms with van der Waals surface area (Å²) in [7, 11) is -3.68. The van der Waals surface area contributed by atoms with Gasteiger partial charge < -0.3 is 5.32 Å². The Balaban J connectivity index is 2.31. The minimum atomic E-state index is -3.68. The molecule has 0 spiro atoms. The fraction of sp³-hybridized carbons (Fsp3) is 0.316. The number of nitrogens with one attached hydrogen (secondary N) is 1. The fourth-order valence-electron chi connectivity index (χ4n) is 2.81. The highest BCUT2D eigenvalue weighted by molar-refractivity contribution is 7.92. The quantitative estimate of drug-likeness (QED) is 0.777. The molecule has 0 heterocycles. The standard InChI is InChI=1S/C19H23ClN2O3S/c1-4-18(19(23)21-14(2)15-9-6-5-7-10-15)22(26(3,24)25)17-12-8-11-16(20)13-17/h5-14,18H,4H2,1-3H3,(H,21,23). The topological polar surface area (TPSA) is 66.5 Å². The molecule has 0 aromatic heterocycles. The third kappa shape index (κ3) is 4.99. The largest absolute Gasteiger partial charge is 0.348 e. The van der Waals surface area contributed by atoms with Gasteiger partial charge in [0.1, 0.15) is 6.04 Å². The van der Waals surface area contributed by atoms with Crippen molar-refractivity contribution in [1.29, 1.82) is 0 Å². The van der Waals surface area contributed by atoms with Gasteiger partial charge in [-0.2, -0.15) is 0 Å². The maximum absolute atomic E-state index is 12.9. The van der Waals surface area contributed by atoms with E-state index in [0.717, 1.165) is 16.1 Å². The van der Waals surface area contributed by atoms with E-state index in [4.69, 9.17) is 11.6 Å². The van der Waals surface area contributed by atoms with Crippen molar-refractivity contribution in [1.82, 2.24) is 5.32 Å². The molecule has 140 valence electrons. The molecule has 0 saturated heterocycles. The molecule has 0 aliphatic rings. The molecule has 0 bridgehead atoms. The molecule has 2 unspecified atom stereocenters. The van der Waals surface area contributed by atoms with Gasteiger partial charge in [-0.15, -0.1) is 0 Å². The molecule has 0 aliphatic carbocycles. The average Bonchev–Trinajstić information content (AvgIpc) is 2.58. The number of hydrogen-bond acceptors (Lipinski definition) is 3. The van der Waals surface area contributed by atoms with Crippen LogP contribution in [0.15, 0.2) is 54.6 Å². The van der Waals surface area contributed by atoms with E-state index in [1.165, 1.54) is 0 Å². The Bertz CT molecular complexity index is 856. The number of halogens is 1. The van der Waals surface area contributed by atoms with Crippen molar-refractivity contribution in [3.8, 4) is 0 Å². The molecule has 0 aliphatic heterocycles. The fourth-order valence-corrected chi connectivity index (χ4v) is 4.20. The van der Waals surface area contributed by atoms with Crippen molar-refractivity contribution < 1.29 is 13.2 Å². The Morgan fingerprint density at radius 1 is 1.15 bits per heavy atom. The molecule has 2 atom stereocenters. The molecular formula is C19H23ClN2O3S. The van der Waals surface area contributed by atoms with Gasteiger partial charge in [0.05, 0.1) is 18.0 Å². The normalized spacial score (nSPS) is 13.7. The predicted octanol–water partition coefficient (Wildman–Crippen LogP) is 3.76. The maximum atomic E-state index is 12.9. The Hall–Kier alpha value is -2.05. The lowest BCUT2D eigenvalue weighted by Gasteiger charge is -2.31. The molecule has 0 saturated carbocycles. The molecule has 2 rings (SSSR count). The Morgan fingerprint density at radius 3 is 2.35 bits per heavy atom. The van der Waals surface area contributed by atoms with E-state index in [9.17, 15) is 13.2 Å². The third-order valence-electron chi connectivity index (χ3n) is 4.05. The van der Waals surface area contributed by atoms with Gasteiger partial charge in [-0.25, -0.2) is 8.42 Å². The van der Waals surface area contributed by atoms with Gasteiger partial charge >= 0.3 is 0 Å². The second-order valence-corrected chi connectivity index (χ2v) is 8.40. The molecule has 2 aromatic rings. The summed E-state index contributed by atoms with van der Waals surface area (Å²) in [5.41, 5.74) is 1.32. The van der Waals surface area contributed by atoms with Crippen LogP contribution in [0, 0.1) is 0 Å². The molecule has 7 heteroatoms. The minimum Gasteiger partial charge on any atom is -0.348 e. The van der Waals surface area contributed by atoms with Gasteiger partial charge in [0.2, 0.25) is 15.9 Å². The van der Waals surface area contributed by atoms with Gasteiger partial charge in [0, 0.05) is 5.02 Å². The summed E-state index contributed by atoms with van der Waals surface area (Å²) < 4.78 is 25.9. The van der Waals surface area contributed by atoms with Gasteiger partial charge in [0.25, 0.3) is 0 Å². The second kappa shape index (κ2) is 8.56. The summed E-state index contributed by atoms with van der Waals surface area (Å²) in [5.74, 6) is -0.353. The third-order valence-corrected chi connectivity index (χ3v) is 5.47. The summed E-state index contributed by atoms with van der Waals surface area (Å²) in [6, 6.07) is 14.9. The lowest BCUT2D eigenvalue weighted by Crippen LogP contribution is -2.49. The zero-order valence-electron chi connectivity index (χ0n) is 15.0. The van der Waals surface area contributed by atoms with Crippen LogP contribution in [-0.2, 0) is 14.8 Å². The van der Waals surface area contributed by atoms with Gasteiger partial charge in [-0.3, -0.25) is 9.10 Å². The van der Waals surface area contributed by atoms with Crippen LogP contribution in [0.2, 0.25) is 5.02 Å². The van der Waals surface area contributed by atoms with E-state index in [1.54, 1.807) is 31.2 Å². The van der Waals surface area contributed by atoms with Crippen LogP contribution in [0.25, 0.3) is 0 Å². The Kier molecular flexibility index (Phi) is 6.67. The molecule has 26 heavy (non-hydrogen) atoms. The van der Waals surface area contributed by atoms with E-state index in [2.05, 4.69) is 5.32 Å². The molecule has 1 N–H and O–H groups in total. The van der Waals surface area contributed by atoms with E-state index in [1.807, 2.05) is 37.3 Å². The number of benzene rings is 2. The highest BCUT2D eigenvalue weighted by Gasteiger charge is 2.32. The Labute approximate surface area is 160 Å². The number of rotatable bonds is 7. The smallest absolute Gasteiger partial charge is 0.244 e. The van der Waals surface area contributed by atoms with Crippen molar-refractivity contribution in [3.63, 3.8) is 0 Å². The number of sulfonamides is 1. The first kappa shape index (κ1) is 20.3. The monoisotopic (exact) mass is 394 g/mol. The van der Waals surface area contributed by atoms with E-state index in [-0.39, 0.29) is 11.9 Å². The summed E-state index contributed by atoms with van der Waals surface area (Å²) in [6.07, 6.45) is 1.41. The zero-order valence-corrected chi connectivity index (χ0v) is 16.6. The molecule has 0 fully saturated rings. The van der Waals surface area contributed by atoms with Crippen molar-refractivity contribution in [3.05, 3.63) is 65.2 Å². The summed E-state index contributed by atoms with van der Waals surface area (Å²) in [6.45, 7) is 3.64. The highest BCUT2D eigenvalue weighted by atomic mass is 35.5. The molecule has 5 nitrogen and oxygen atoms in total. The Morgan fingerprint density at radius 2 is 1.81 bits per heavy atom. The number of carbonyl (C=O) groups is 1. The number of anilines is 1. The van der Waals surface area contributed by atoms with Crippen molar-refractivity contribution >= 4 is 33.2 Å². The van der Waals surface area contributed by atoms with Gasteiger partial charge in [-0.05, 0) is 37.1 Å². The zero-order chi connectivity index (χ0) is 19.3. The average molecular weight is 395 g/mol. The molecule has 0 radical (unpaired) electrons. The minimum absolute atomic E-state index is 0.237. The van der Waals surface area contributed by atoms with E-state index < -0.39 is 16.1 Å². The van der Waals surface area contributed by atoms with Crippen molar-refractivity contribution in [2.45, 2.75) is 32.4 Å². The first-order valence-corrected chi connectivity index (χ1v) is 10.6. The van der Waals surface area contributed by atoms with Crippen LogP contribution < -0.4 is 9.62 Å². The SMILES string of the molecule is CCC(C(=O)NC(C)c1ccccc1)N(c1cccc(Cl)c1)S(C)(=O)=O. The second-order valence-electron chi connectivity index (χ2n) is 6.10. The summed E-state index contributed by atoms with van der Waals surface area (Å²) in [5, 5.41) is 3.31. The first-order chi connectivity index (χ1) is 12.2. The van der Waals surface area contributed by atoms with Crippen LogP contribution in [0.4, 0.5) is 5.69 Å². The first-order valence-electron chi connectivity index (χ1n) is 8.34. The van der Waals surface area contributed by atoms with Crippen LogP contribution >= 0.6 is 11.6 Å². The summed E-state index contributed by atoms with van der Waals surface area (Å²) >= 11 is 6.01. The van der Waals surface area contributed by atoms with Crippen molar-refractivity contribution in [2.75, 3.05) is 10.6 Å². The van der Waals surface area contributed by atoms with Gasteiger partial charge in [0.15, 0.2) is 0 Å². The van der Waals surface area contributed by atoms with Gasteiger partial charge in [-0.1, -0.05) is 54.9 Å². The maximum Gasteiger partial charge on any atom is 0.244 e. The molecule has 2 aromatic carbocycles. The number of carbonyl (C=O) groups excluding carboxylic acids is 1. The van der Waals surface area contributed by atoms with Crippen LogP contribution in [-0.4, -0.2) is 26.6 Å². The lowest BCUT2D eigenvalue weighted by atomic mass is 10.1. The summed E-state index contributed by atoms with van der Waals surface area (Å²) in [4.78, 5) is 12.9. The number of amides is 1. The van der Waals surface area contributed by atoms with Crippen LogP contribution in [0.3, 0.4) is 0 Å².